The van der Waals surface area contributed by atoms with E-state index in [-0.39, 0.29) is 17.4 Å². The summed E-state index contributed by atoms with van der Waals surface area (Å²) in [4.78, 5) is 17.7. The van der Waals surface area contributed by atoms with Gasteiger partial charge in [0.2, 0.25) is 0 Å². The van der Waals surface area contributed by atoms with Gasteiger partial charge in [0.25, 0.3) is 5.91 Å². The number of hydrogen-bond acceptors (Lipinski definition) is 3. The number of fused-ring (bicyclic) bond motifs is 2. The fourth-order valence-electron chi connectivity index (χ4n) is 4.94. The van der Waals surface area contributed by atoms with Crippen molar-refractivity contribution in [2.75, 3.05) is 0 Å². The molecular formula is C26H27F2N5O. The lowest BCUT2D eigenvalue weighted by atomic mass is 9.99. The van der Waals surface area contributed by atoms with Crippen LogP contribution in [0.2, 0.25) is 0 Å². The molecule has 4 heterocycles. The molecule has 1 aromatic carbocycles. The summed E-state index contributed by atoms with van der Waals surface area (Å²) in [5.41, 5.74) is 3.72. The van der Waals surface area contributed by atoms with Crippen molar-refractivity contribution >= 4 is 11.4 Å². The molecule has 1 aliphatic rings. The van der Waals surface area contributed by atoms with Gasteiger partial charge in [-0.1, -0.05) is 19.9 Å². The van der Waals surface area contributed by atoms with E-state index < -0.39 is 11.6 Å². The van der Waals surface area contributed by atoms with Gasteiger partial charge < -0.3 is 9.88 Å². The Kier molecular flexibility index (Phi) is 5.67. The van der Waals surface area contributed by atoms with Crippen molar-refractivity contribution in [3.05, 3.63) is 76.6 Å². The summed E-state index contributed by atoms with van der Waals surface area (Å²) < 4.78 is 33.0. The molecule has 0 spiro atoms. The molecular weight excluding hydrogens is 436 g/mol. The number of rotatable bonds is 5. The molecule has 1 aliphatic heterocycles. The normalized spacial score (nSPS) is 13.5. The van der Waals surface area contributed by atoms with Crippen LogP contribution in [0.25, 0.3) is 16.6 Å². The molecule has 4 aromatic rings. The Morgan fingerprint density at radius 2 is 1.88 bits per heavy atom. The van der Waals surface area contributed by atoms with Gasteiger partial charge in [-0.15, -0.1) is 0 Å². The van der Waals surface area contributed by atoms with E-state index in [9.17, 15) is 13.6 Å². The lowest BCUT2D eigenvalue weighted by molar-refractivity contribution is 0.0947. The van der Waals surface area contributed by atoms with Gasteiger partial charge in [0.1, 0.15) is 17.5 Å². The SMILES string of the molecule is Cc1nn2c(C(C)C)c(C(=O)NCc3ncc4n3CCCC4)ccc2c1-c1c(F)cccc1F. The van der Waals surface area contributed by atoms with Crippen molar-refractivity contribution in [2.24, 2.45) is 0 Å². The third-order valence-corrected chi connectivity index (χ3v) is 6.50. The Bertz CT molecular complexity index is 1380. The van der Waals surface area contributed by atoms with Crippen molar-refractivity contribution in [3.63, 3.8) is 0 Å². The summed E-state index contributed by atoms with van der Waals surface area (Å²) in [6.07, 6.45) is 5.18. The molecule has 0 saturated heterocycles. The predicted molar refractivity (Wildman–Crippen MR) is 126 cm³/mol. The Balaban J connectivity index is 1.53. The van der Waals surface area contributed by atoms with Crippen molar-refractivity contribution in [1.82, 2.24) is 24.5 Å². The van der Waals surface area contributed by atoms with Gasteiger partial charge >= 0.3 is 0 Å². The standard InChI is InChI=1S/C26H27F2N5O/c1-15(2)25-18(26(34)30-14-22-29-13-17-7-4-5-12-32(17)22)10-11-21-23(16(3)31-33(21)25)24-19(27)8-6-9-20(24)28/h6,8-11,13,15H,4-5,7,12,14H2,1-3H3,(H,30,34). The van der Waals surface area contributed by atoms with E-state index in [1.807, 2.05) is 20.0 Å². The number of aryl methyl sites for hydroxylation is 2. The van der Waals surface area contributed by atoms with Crippen LogP contribution in [0.1, 0.15) is 65.9 Å². The lowest BCUT2D eigenvalue weighted by Crippen LogP contribution is -2.27. The average molecular weight is 464 g/mol. The van der Waals surface area contributed by atoms with Crippen molar-refractivity contribution in [3.8, 4) is 11.1 Å². The first-order valence-corrected chi connectivity index (χ1v) is 11.6. The molecule has 0 aliphatic carbocycles. The van der Waals surface area contributed by atoms with E-state index in [0.29, 0.717) is 34.6 Å². The fraction of sp³-hybridized carbons (Fsp3) is 0.346. The van der Waals surface area contributed by atoms with Crippen LogP contribution in [-0.2, 0) is 19.5 Å². The summed E-state index contributed by atoms with van der Waals surface area (Å²) in [5.74, 6) is -0.725. The van der Waals surface area contributed by atoms with Gasteiger partial charge in [-0.25, -0.2) is 18.3 Å². The third kappa shape index (κ3) is 3.67. The molecule has 0 fully saturated rings. The second-order valence-corrected chi connectivity index (χ2v) is 9.10. The molecule has 0 unspecified atom stereocenters. The zero-order chi connectivity index (χ0) is 24.0. The topological polar surface area (TPSA) is 64.2 Å². The first-order valence-electron chi connectivity index (χ1n) is 11.6. The van der Waals surface area contributed by atoms with E-state index in [1.54, 1.807) is 23.6 Å². The van der Waals surface area contributed by atoms with Crippen molar-refractivity contribution in [2.45, 2.75) is 59.0 Å². The van der Waals surface area contributed by atoms with Crippen LogP contribution in [-0.4, -0.2) is 25.1 Å². The van der Waals surface area contributed by atoms with Crippen molar-refractivity contribution in [1.29, 1.82) is 0 Å². The zero-order valence-electron chi connectivity index (χ0n) is 19.5. The fourth-order valence-corrected chi connectivity index (χ4v) is 4.94. The number of amides is 1. The molecule has 0 atom stereocenters. The van der Waals surface area contributed by atoms with Crippen LogP contribution in [0.3, 0.4) is 0 Å². The number of aromatic nitrogens is 4. The number of carbonyl (C=O) groups is 1. The highest BCUT2D eigenvalue weighted by molar-refractivity contribution is 5.96. The molecule has 176 valence electrons. The van der Waals surface area contributed by atoms with Crippen LogP contribution in [0.4, 0.5) is 8.78 Å². The second-order valence-electron chi connectivity index (χ2n) is 9.10. The lowest BCUT2D eigenvalue weighted by Gasteiger charge is -2.18. The number of nitrogens with zero attached hydrogens (tertiary/aromatic N) is 4. The maximum absolute atomic E-state index is 14.6. The minimum absolute atomic E-state index is 0.0544. The molecule has 34 heavy (non-hydrogen) atoms. The van der Waals surface area contributed by atoms with E-state index in [1.165, 1.54) is 23.9 Å². The van der Waals surface area contributed by atoms with Crippen LogP contribution >= 0.6 is 0 Å². The third-order valence-electron chi connectivity index (χ3n) is 6.50. The molecule has 8 heteroatoms. The predicted octanol–water partition coefficient (Wildman–Crippen LogP) is 5.17. The molecule has 5 rings (SSSR count). The maximum atomic E-state index is 14.6. The van der Waals surface area contributed by atoms with Crippen LogP contribution in [0, 0.1) is 18.6 Å². The van der Waals surface area contributed by atoms with Gasteiger partial charge in [-0.05, 0) is 56.4 Å². The van der Waals surface area contributed by atoms with Crippen LogP contribution < -0.4 is 5.32 Å². The smallest absolute Gasteiger partial charge is 0.253 e. The van der Waals surface area contributed by atoms with Gasteiger partial charge in [0, 0.05) is 24.0 Å². The van der Waals surface area contributed by atoms with E-state index in [4.69, 9.17) is 0 Å². The van der Waals surface area contributed by atoms with E-state index in [2.05, 4.69) is 20.0 Å². The second kappa shape index (κ2) is 8.66. The monoisotopic (exact) mass is 463 g/mol. The van der Waals surface area contributed by atoms with Gasteiger partial charge in [0.15, 0.2) is 0 Å². The zero-order valence-corrected chi connectivity index (χ0v) is 19.5. The van der Waals surface area contributed by atoms with Crippen LogP contribution in [0.15, 0.2) is 36.5 Å². The maximum Gasteiger partial charge on any atom is 0.253 e. The van der Waals surface area contributed by atoms with E-state index in [0.717, 1.165) is 31.6 Å². The number of halogens is 2. The van der Waals surface area contributed by atoms with Gasteiger partial charge in [-0.3, -0.25) is 4.79 Å². The van der Waals surface area contributed by atoms with Crippen LogP contribution in [0.5, 0.6) is 0 Å². The summed E-state index contributed by atoms with van der Waals surface area (Å²) in [6.45, 7) is 6.91. The highest BCUT2D eigenvalue weighted by Crippen LogP contribution is 2.34. The Morgan fingerprint density at radius 3 is 2.62 bits per heavy atom. The van der Waals surface area contributed by atoms with Crippen molar-refractivity contribution < 1.29 is 13.6 Å². The molecule has 1 amide bonds. The molecule has 0 saturated carbocycles. The Morgan fingerprint density at radius 1 is 1.12 bits per heavy atom. The number of carbonyl (C=O) groups excluding carboxylic acids is 1. The summed E-state index contributed by atoms with van der Waals surface area (Å²) in [5, 5.41) is 7.59. The molecule has 0 radical (unpaired) electrons. The summed E-state index contributed by atoms with van der Waals surface area (Å²) >= 11 is 0. The largest absolute Gasteiger partial charge is 0.345 e. The van der Waals surface area contributed by atoms with Gasteiger partial charge in [-0.2, -0.15) is 5.10 Å². The number of hydrogen-bond donors (Lipinski definition) is 1. The molecule has 6 nitrogen and oxygen atoms in total. The number of nitrogens with one attached hydrogen (secondary N) is 1. The minimum atomic E-state index is -0.644. The molecule has 3 aromatic heterocycles. The minimum Gasteiger partial charge on any atom is -0.345 e. The first kappa shape index (κ1) is 22.3. The number of imidazole rings is 1. The van der Waals surface area contributed by atoms with E-state index >= 15 is 0 Å². The molecule has 1 N–H and O–H groups in total. The summed E-state index contributed by atoms with van der Waals surface area (Å²) in [6, 6.07) is 7.24. The number of benzene rings is 1. The van der Waals surface area contributed by atoms with Gasteiger partial charge in [0.05, 0.1) is 34.6 Å². The highest BCUT2D eigenvalue weighted by atomic mass is 19.1. The molecule has 0 bridgehead atoms. The Labute approximate surface area is 196 Å². The number of pyridine rings is 1. The Hall–Kier alpha value is -3.55. The average Bonchev–Trinajstić information content (AvgIpc) is 3.37. The highest BCUT2D eigenvalue weighted by Gasteiger charge is 2.24. The quantitative estimate of drug-likeness (QED) is 0.444. The first-order chi connectivity index (χ1) is 16.4. The summed E-state index contributed by atoms with van der Waals surface area (Å²) in [7, 11) is 0.